The topological polar surface area (TPSA) is 89.9 Å². The molecule has 0 aromatic heterocycles. The maximum absolute atomic E-state index is 12.5. The second kappa shape index (κ2) is 8.53. The Morgan fingerprint density at radius 3 is 2.08 bits per heavy atom. The van der Waals surface area contributed by atoms with E-state index < -0.39 is 15.8 Å². The Labute approximate surface area is 152 Å². The molecule has 0 atom stereocenters. The molecule has 0 heterocycles. The molecule has 1 N–H and O–H groups in total. The van der Waals surface area contributed by atoms with Crippen LogP contribution in [0.15, 0.2) is 70.5 Å². The van der Waals surface area contributed by atoms with Crippen LogP contribution in [0.2, 0.25) is 0 Å². The molecule has 7 heteroatoms. The van der Waals surface area contributed by atoms with E-state index in [9.17, 15) is 18.3 Å². The average Bonchev–Trinajstić information content (AvgIpc) is 2.62. The van der Waals surface area contributed by atoms with Crippen LogP contribution in [-0.4, -0.2) is 32.7 Å². The SMILES string of the molecule is C=C(C)C(=O)OCCCOc1ccc(S(=O)(=O)c2ccc(O)cc2)cc1. The summed E-state index contributed by atoms with van der Waals surface area (Å²) in [5.74, 6) is 0.0799. The Hall–Kier alpha value is -2.80. The van der Waals surface area contributed by atoms with Crippen LogP contribution in [0.1, 0.15) is 13.3 Å². The molecule has 0 saturated carbocycles. The van der Waals surface area contributed by atoms with Crippen LogP contribution in [0.4, 0.5) is 0 Å². The highest BCUT2D eigenvalue weighted by Crippen LogP contribution is 2.24. The summed E-state index contributed by atoms with van der Waals surface area (Å²) in [6, 6.07) is 11.4. The lowest BCUT2D eigenvalue weighted by Crippen LogP contribution is -2.09. The van der Waals surface area contributed by atoms with Gasteiger partial charge in [-0.05, 0) is 55.5 Å². The summed E-state index contributed by atoms with van der Waals surface area (Å²) in [6.45, 7) is 5.61. The molecule has 2 rings (SSSR count). The van der Waals surface area contributed by atoms with Gasteiger partial charge in [0.1, 0.15) is 11.5 Å². The third-order valence-corrected chi connectivity index (χ3v) is 5.21. The van der Waals surface area contributed by atoms with Gasteiger partial charge in [-0.1, -0.05) is 6.58 Å². The first-order valence-corrected chi connectivity index (χ1v) is 9.38. The number of benzene rings is 2. The van der Waals surface area contributed by atoms with Gasteiger partial charge < -0.3 is 14.6 Å². The monoisotopic (exact) mass is 376 g/mol. The van der Waals surface area contributed by atoms with Crippen molar-refractivity contribution in [1.29, 1.82) is 0 Å². The second-order valence-corrected chi connectivity index (χ2v) is 7.54. The number of sulfone groups is 1. The van der Waals surface area contributed by atoms with Crippen molar-refractivity contribution >= 4 is 15.8 Å². The van der Waals surface area contributed by atoms with Crippen molar-refractivity contribution in [2.24, 2.45) is 0 Å². The van der Waals surface area contributed by atoms with E-state index in [4.69, 9.17) is 9.47 Å². The highest BCUT2D eigenvalue weighted by molar-refractivity contribution is 7.91. The zero-order valence-electron chi connectivity index (χ0n) is 14.3. The summed E-state index contributed by atoms with van der Waals surface area (Å²) >= 11 is 0. The first kappa shape index (κ1) is 19.5. The van der Waals surface area contributed by atoms with Crippen molar-refractivity contribution in [3.05, 3.63) is 60.7 Å². The summed E-state index contributed by atoms with van der Waals surface area (Å²) in [5.41, 5.74) is 0.344. The first-order valence-electron chi connectivity index (χ1n) is 7.90. The van der Waals surface area contributed by atoms with Crippen LogP contribution < -0.4 is 4.74 Å². The zero-order chi connectivity index (χ0) is 19.2. The van der Waals surface area contributed by atoms with Gasteiger partial charge >= 0.3 is 5.97 Å². The molecule has 0 aliphatic heterocycles. The van der Waals surface area contributed by atoms with Crippen molar-refractivity contribution in [2.75, 3.05) is 13.2 Å². The highest BCUT2D eigenvalue weighted by atomic mass is 32.2. The van der Waals surface area contributed by atoms with Crippen molar-refractivity contribution in [1.82, 2.24) is 0 Å². The number of aromatic hydroxyl groups is 1. The lowest BCUT2D eigenvalue weighted by Gasteiger charge is -2.09. The number of carbonyl (C=O) groups is 1. The minimum absolute atomic E-state index is 0.00151. The Kier molecular flexibility index (Phi) is 6.41. The summed E-state index contributed by atoms with van der Waals surface area (Å²) in [7, 11) is -3.65. The molecule has 138 valence electrons. The van der Waals surface area contributed by atoms with Crippen molar-refractivity contribution in [3.63, 3.8) is 0 Å². The van der Waals surface area contributed by atoms with Crippen LogP contribution >= 0.6 is 0 Å². The zero-order valence-corrected chi connectivity index (χ0v) is 15.2. The molecule has 6 nitrogen and oxygen atoms in total. The van der Waals surface area contributed by atoms with Crippen LogP contribution in [0, 0.1) is 0 Å². The Morgan fingerprint density at radius 2 is 1.54 bits per heavy atom. The summed E-state index contributed by atoms with van der Waals surface area (Å²) in [5, 5.41) is 9.26. The fourth-order valence-electron chi connectivity index (χ4n) is 2.01. The Morgan fingerprint density at radius 1 is 1.00 bits per heavy atom. The molecule has 0 aliphatic carbocycles. The molecule has 0 aliphatic rings. The second-order valence-electron chi connectivity index (χ2n) is 5.59. The number of hydrogen-bond donors (Lipinski definition) is 1. The smallest absolute Gasteiger partial charge is 0.333 e. The standard InChI is InChI=1S/C19H20O6S/c1-14(2)19(21)25-13-3-12-24-16-6-10-18(11-7-16)26(22,23)17-8-4-15(20)5-9-17/h4-11,20H,1,3,12-13H2,2H3. The number of rotatable bonds is 8. The van der Waals surface area contributed by atoms with E-state index in [-0.39, 0.29) is 22.1 Å². The number of phenolic OH excluding ortho intramolecular Hbond substituents is 1. The Bertz CT molecular complexity index is 867. The van der Waals surface area contributed by atoms with Crippen LogP contribution in [0.5, 0.6) is 11.5 Å². The molecule has 0 fully saturated rings. The lowest BCUT2D eigenvalue weighted by atomic mass is 10.3. The minimum atomic E-state index is -3.65. The highest BCUT2D eigenvalue weighted by Gasteiger charge is 2.17. The molecule has 0 radical (unpaired) electrons. The van der Waals surface area contributed by atoms with Crippen molar-refractivity contribution < 1.29 is 27.8 Å². The van der Waals surface area contributed by atoms with Crippen molar-refractivity contribution in [2.45, 2.75) is 23.1 Å². The van der Waals surface area contributed by atoms with E-state index in [0.29, 0.717) is 24.4 Å². The molecular formula is C19H20O6S. The van der Waals surface area contributed by atoms with Gasteiger partial charge in [-0.3, -0.25) is 0 Å². The maximum Gasteiger partial charge on any atom is 0.333 e. The average molecular weight is 376 g/mol. The van der Waals surface area contributed by atoms with E-state index in [2.05, 4.69) is 6.58 Å². The molecule has 26 heavy (non-hydrogen) atoms. The molecule has 0 unspecified atom stereocenters. The van der Waals surface area contributed by atoms with Gasteiger partial charge in [0.2, 0.25) is 9.84 Å². The van der Waals surface area contributed by atoms with Gasteiger partial charge in [0.15, 0.2) is 0 Å². The largest absolute Gasteiger partial charge is 0.508 e. The molecule has 0 bridgehead atoms. The Balaban J connectivity index is 1.91. The molecule has 2 aromatic carbocycles. The van der Waals surface area contributed by atoms with Crippen LogP contribution in [-0.2, 0) is 19.4 Å². The molecule has 0 spiro atoms. The third kappa shape index (κ3) is 5.10. The molecule has 0 amide bonds. The first-order chi connectivity index (χ1) is 12.3. The van der Waals surface area contributed by atoms with E-state index in [1.807, 2.05) is 0 Å². The predicted octanol–water partition coefficient (Wildman–Crippen LogP) is 3.11. The quantitative estimate of drug-likeness (QED) is 0.432. The predicted molar refractivity (Wildman–Crippen MR) is 95.9 cm³/mol. The van der Waals surface area contributed by atoms with Crippen LogP contribution in [0.25, 0.3) is 0 Å². The number of carbonyl (C=O) groups excluding carboxylic acids is 1. The number of hydrogen-bond acceptors (Lipinski definition) is 6. The van der Waals surface area contributed by atoms with Gasteiger partial charge in [0.25, 0.3) is 0 Å². The summed E-state index contributed by atoms with van der Waals surface area (Å²) in [6.07, 6.45) is 0.507. The van der Waals surface area contributed by atoms with Gasteiger partial charge in [-0.15, -0.1) is 0 Å². The van der Waals surface area contributed by atoms with Gasteiger partial charge in [-0.2, -0.15) is 0 Å². The summed E-state index contributed by atoms with van der Waals surface area (Å²) in [4.78, 5) is 11.4. The molecular weight excluding hydrogens is 356 g/mol. The van der Waals surface area contributed by atoms with Gasteiger partial charge in [0, 0.05) is 12.0 Å². The van der Waals surface area contributed by atoms with Crippen molar-refractivity contribution in [3.8, 4) is 11.5 Å². The number of esters is 1. The molecule has 0 saturated heterocycles. The fourth-order valence-corrected chi connectivity index (χ4v) is 3.27. The van der Waals surface area contributed by atoms with Gasteiger partial charge in [-0.25, -0.2) is 13.2 Å². The maximum atomic E-state index is 12.5. The minimum Gasteiger partial charge on any atom is -0.508 e. The van der Waals surface area contributed by atoms with E-state index in [0.717, 1.165) is 0 Å². The van der Waals surface area contributed by atoms with Gasteiger partial charge in [0.05, 0.1) is 23.0 Å². The summed E-state index contributed by atoms with van der Waals surface area (Å²) < 4.78 is 35.4. The third-order valence-electron chi connectivity index (χ3n) is 3.42. The van der Waals surface area contributed by atoms with E-state index in [1.165, 1.54) is 36.4 Å². The number of ether oxygens (including phenoxy) is 2. The fraction of sp³-hybridized carbons (Fsp3) is 0.211. The van der Waals surface area contributed by atoms with Crippen LogP contribution in [0.3, 0.4) is 0 Å². The number of phenols is 1. The normalized spacial score (nSPS) is 11.0. The van der Waals surface area contributed by atoms with E-state index in [1.54, 1.807) is 19.1 Å². The lowest BCUT2D eigenvalue weighted by molar-refractivity contribution is -0.139. The molecule has 2 aromatic rings. The van der Waals surface area contributed by atoms with E-state index >= 15 is 0 Å².